The van der Waals surface area contributed by atoms with Crippen LogP contribution in [0, 0.1) is 0 Å². The lowest BCUT2D eigenvalue weighted by molar-refractivity contribution is -0.123. The molecule has 4 rings (SSSR count). The number of nitrogens with zero attached hydrogens (tertiary/aromatic N) is 2. The van der Waals surface area contributed by atoms with Crippen molar-refractivity contribution < 1.29 is 9.53 Å². The number of aliphatic imine (C=N–C) groups is 1. The summed E-state index contributed by atoms with van der Waals surface area (Å²) in [6.45, 7) is 0. The second kappa shape index (κ2) is 8.01. The van der Waals surface area contributed by atoms with Gasteiger partial charge in [-0.3, -0.25) is 9.69 Å². The highest BCUT2D eigenvalue weighted by Gasteiger charge is 2.39. The van der Waals surface area contributed by atoms with Gasteiger partial charge >= 0.3 is 0 Å². The Morgan fingerprint density at radius 2 is 1.78 bits per heavy atom. The van der Waals surface area contributed by atoms with E-state index in [1.165, 1.54) is 24.6 Å². The molecule has 2 aliphatic rings. The summed E-state index contributed by atoms with van der Waals surface area (Å²) in [5.41, 5.74) is 1.78. The minimum Gasteiger partial charge on any atom is -0.496 e. The van der Waals surface area contributed by atoms with Crippen LogP contribution in [0.1, 0.15) is 31.2 Å². The Labute approximate surface area is 163 Å². The predicted octanol–water partition coefficient (Wildman–Crippen LogP) is 5.24. The molecule has 5 heteroatoms. The Kier molecular flexibility index (Phi) is 5.30. The molecule has 1 saturated carbocycles. The molecule has 0 aromatic heterocycles. The fourth-order valence-electron chi connectivity index (χ4n) is 3.59. The molecule has 1 heterocycles. The Bertz CT molecular complexity index is 886. The molecule has 4 nitrogen and oxygen atoms in total. The summed E-state index contributed by atoms with van der Waals surface area (Å²) in [5.74, 6) is 0.812. The summed E-state index contributed by atoms with van der Waals surface area (Å²) in [7, 11) is 1.65. The Morgan fingerprint density at radius 3 is 2.52 bits per heavy atom. The van der Waals surface area contributed by atoms with Crippen LogP contribution in [0.5, 0.6) is 5.75 Å². The molecule has 2 aromatic carbocycles. The van der Waals surface area contributed by atoms with Crippen LogP contribution in [0.4, 0.5) is 5.69 Å². The minimum atomic E-state index is 0.0486. The lowest BCUT2D eigenvalue weighted by Crippen LogP contribution is -2.37. The van der Waals surface area contributed by atoms with E-state index in [1.807, 2.05) is 65.6 Å². The van der Waals surface area contributed by atoms with E-state index in [9.17, 15) is 4.79 Å². The van der Waals surface area contributed by atoms with Crippen molar-refractivity contribution in [3.63, 3.8) is 0 Å². The largest absolute Gasteiger partial charge is 0.496 e. The zero-order valence-corrected chi connectivity index (χ0v) is 16.1. The highest BCUT2D eigenvalue weighted by Crippen LogP contribution is 2.39. The van der Waals surface area contributed by atoms with E-state index in [1.54, 1.807) is 7.11 Å². The monoisotopic (exact) mass is 378 g/mol. The lowest BCUT2D eigenvalue weighted by Gasteiger charge is -2.22. The topological polar surface area (TPSA) is 41.9 Å². The summed E-state index contributed by atoms with van der Waals surface area (Å²) in [4.78, 5) is 20.6. The van der Waals surface area contributed by atoms with E-state index >= 15 is 0 Å². The van der Waals surface area contributed by atoms with E-state index in [2.05, 4.69) is 0 Å². The second-order valence-electron chi connectivity index (χ2n) is 6.70. The number of carbonyl (C=O) groups is 1. The summed E-state index contributed by atoms with van der Waals surface area (Å²) in [6, 6.07) is 17.8. The molecule has 1 aliphatic heterocycles. The van der Waals surface area contributed by atoms with Crippen LogP contribution in [-0.2, 0) is 4.79 Å². The first-order chi connectivity index (χ1) is 13.3. The highest BCUT2D eigenvalue weighted by atomic mass is 32.2. The molecule has 0 radical (unpaired) electrons. The van der Waals surface area contributed by atoms with Crippen molar-refractivity contribution in [2.75, 3.05) is 7.11 Å². The Morgan fingerprint density at radius 1 is 1.07 bits per heavy atom. The van der Waals surface area contributed by atoms with Crippen LogP contribution < -0.4 is 4.74 Å². The van der Waals surface area contributed by atoms with Crippen molar-refractivity contribution in [3.8, 4) is 5.75 Å². The maximum Gasteiger partial charge on any atom is 0.267 e. The maximum absolute atomic E-state index is 13.2. The molecule has 0 spiro atoms. The zero-order valence-electron chi connectivity index (χ0n) is 15.3. The van der Waals surface area contributed by atoms with Gasteiger partial charge in [-0.15, -0.1) is 0 Å². The van der Waals surface area contributed by atoms with Gasteiger partial charge in [0, 0.05) is 11.6 Å². The van der Waals surface area contributed by atoms with Crippen molar-refractivity contribution >= 4 is 34.6 Å². The minimum absolute atomic E-state index is 0.0486. The van der Waals surface area contributed by atoms with Gasteiger partial charge in [0.15, 0.2) is 5.17 Å². The van der Waals surface area contributed by atoms with Crippen molar-refractivity contribution in [2.45, 2.75) is 31.7 Å². The zero-order chi connectivity index (χ0) is 18.6. The number of benzene rings is 2. The summed E-state index contributed by atoms with van der Waals surface area (Å²) in [5, 5.41) is 0.777. The smallest absolute Gasteiger partial charge is 0.267 e. The quantitative estimate of drug-likeness (QED) is 0.683. The van der Waals surface area contributed by atoms with Crippen LogP contribution in [0.15, 0.2) is 64.5 Å². The molecule has 0 N–H and O–H groups in total. The highest BCUT2D eigenvalue weighted by molar-refractivity contribution is 8.18. The van der Waals surface area contributed by atoms with E-state index < -0.39 is 0 Å². The molecule has 1 amide bonds. The summed E-state index contributed by atoms with van der Waals surface area (Å²) in [6.07, 6.45) is 6.35. The average molecular weight is 378 g/mol. The molecule has 1 aliphatic carbocycles. The number of para-hydroxylation sites is 2. The first-order valence-electron chi connectivity index (χ1n) is 9.26. The standard InChI is InChI=1S/C22H22N2O2S/c1-26-19-14-8-5-9-16(19)15-20-21(25)24(18-12-6-7-13-18)22(27-20)23-17-10-3-2-4-11-17/h2-5,8-11,14-15,18H,6-7,12-13H2,1H3/b20-15+,23-22?. The molecule has 2 fully saturated rings. The van der Waals surface area contributed by atoms with E-state index in [0.29, 0.717) is 4.91 Å². The first kappa shape index (κ1) is 17.9. The number of amides is 1. The number of ether oxygens (including phenoxy) is 1. The first-order valence-corrected chi connectivity index (χ1v) is 10.1. The van der Waals surface area contributed by atoms with Gasteiger partial charge in [0.1, 0.15) is 5.75 Å². The molecule has 1 saturated heterocycles. The van der Waals surface area contributed by atoms with Crippen molar-refractivity contribution in [2.24, 2.45) is 4.99 Å². The van der Waals surface area contributed by atoms with Gasteiger partial charge in [0.05, 0.1) is 17.7 Å². The van der Waals surface area contributed by atoms with Gasteiger partial charge < -0.3 is 4.74 Å². The molecule has 27 heavy (non-hydrogen) atoms. The molecular weight excluding hydrogens is 356 g/mol. The van der Waals surface area contributed by atoms with E-state index in [4.69, 9.17) is 9.73 Å². The van der Waals surface area contributed by atoms with E-state index in [0.717, 1.165) is 35.0 Å². The number of hydrogen-bond acceptors (Lipinski definition) is 4. The Balaban J connectivity index is 1.72. The molecule has 2 aromatic rings. The fraction of sp³-hybridized carbons (Fsp3) is 0.273. The van der Waals surface area contributed by atoms with Crippen molar-refractivity contribution in [3.05, 3.63) is 65.1 Å². The van der Waals surface area contributed by atoms with Crippen LogP contribution in [0.3, 0.4) is 0 Å². The van der Waals surface area contributed by atoms with Crippen LogP contribution in [-0.4, -0.2) is 29.1 Å². The number of rotatable bonds is 4. The third kappa shape index (κ3) is 3.78. The predicted molar refractivity (Wildman–Crippen MR) is 111 cm³/mol. The number of amidine groups is 1. The van der Waals surface area contributed by atoms with E-state index in [-0.39, 0.29) is 11.9 Å². The van der Waals surface area contributed by atoms with Gasteiger partial charge in [-0.05, 0) is 48.9 Å². The number of carbonyl (C=O) groups excluding carboxylic acids is 1. The fourth-order valence-corrected chi connectivity index (χ4v) is 4.64. The van der Waals surface area contributed by atoms with Gasteiger partial charge in [-0.2, -0.15) is 0 Å². The second-order valence-corrected chi connectivity index (χ2v) is 7.71. The third-order valence-electron chi connectivity index (χ3n) is 4.93. The molecular formula is C22H22N2O2S. The number of methoxy groups -OCH3 is 1. The van der Waals surface area contributed by atoms with Crippen LogP contribution in [0.2, 0.25) is 0 Å². The van der Waals surface area contributed by atoms with Gasteiger partial charge in [0.25, 0.3) is 5.91 Å². The van der Waals surface area contributed by atoms with Crippen molar-refractivity contribution in [1.29, 1.82) is 0 Å². The average Bonchev–Trinajstić information content (AvgIpc) is 3.32. The third-order valence-corrected chi connectivity index (χ3v) is 5.92. The molecule has 0 atom stereocenters. The van der Waals surface area contributed by atoms with Crippen LogP contribution >= 0.6 is 11.8 Å². The lowest BCUT2D eigenvalue weighted by atomic mass is 10.1. The summed E-state index contributed by atoms with van der Waals surface area (Å²) < 4.78 is 5.43. The Hall–Kier alpha value is -2.53. The van der Waals surface area contributed by atoms with Gasteiger partial charge in [0.2, 0.25) is 0 Å². The van der Waals surface area contributed by atoms with Crippen LogP contribution in [0.25, 0.3) is 6.08 Å². The SMILES string of the molecule is COc1ccccc1/C=C1/SC(=Nc2ccccc2)N(C2CCCC2)C1=O. The van der Waals surface area contributed by atoms with Gasteiger partial charge in [-0.1, -0.05) is 49.2 Å². The number of hydrogen-bond donors (Lipinski definition) is 0. The molecule has 0 unspecified atom stereocenters. The molecule has 138 valence electrons. The van der Waals surface area contributed by atoms with Crippen molar-refractivity contribution in [1.82, 2.24) is 4.90 Å². The number of thioether (sulfide) groups is 1. The normalized spacial score (nSPS) is 20.8. The molecule has 0 bridgehead atoms. The summed E-state index contributed by atoms with van der Waals surface area (Å²) >= 11 is 1.45. The van der Waals surface area contributed by atoms with Gasteiger partial charge in [-0.25, -0.2) is 4.99 Å². The maximum atomic E-state index is 13.2.